The van der Waals surface area contributed by atoms with E-state index in [0.29, 0.717) is 18.3 Å². The molecule has 0 aliphatic carbocycles. The van der Waals surface area contributed by atoms with Crippen molar-refractivity contribution in [2.45, 2.75) is 45.6 Å². The van der Waals surface area contributed by atoms with Gasteiger partial charge < -0.3 is 14.1 Å². The fourth-order valence-corrected chi connectivity index (χ4v) is 2.91. The number of nitrogens with zero attached hydrogens (tertiary/aromatic N) is 3. The van der Waals surface area contributed by atoms with E-state index in [1.165, 1.54) is 17.7 Å². The standard InChI is InChI=1S/C17H23N3O2/c1-12(2)17-19-18-16(22-17)11-20-10-5-4-7-13-14(20)8-6-9-15(13)21-3/h6,8-9,12H,4-5,7,10-11H2,1-3H3. The van der Waals surface area contributed by atoms with E-state index in [9.17, 15) is 0 Å². The van der Waals surface area contributed by atoms with Gasteiger partial charge in [0.15, 0.2) is 0 Å². The van der Waals surface area contributed by atoms with Crippen LogP contribution in [-0.4, -0.2) is 23.9 Å². The lowest BCUT2D eigenvalue weighted by Crippen LogP contribution is -2.23. The molecule has 22 heavy (non-hydrogen) atoms. The van der Waals surface area contributed by atoms with Crippen LogP contribution in [0.25, 0.3) is 0 Å². The van der Waals surface area contributed by atoms with Crippen LogP contribution in [0.1, 0.15) is 50.0 Å². The summed E-state index contributed by atoms with van der Waals surface area (Å²) in [6, 6.07) is 6.23. The molecule has 2 aromatic rings. The molecule has 1 aromatic heterocycles. The summed E-state index contributed by atoms with van der Waals surface area (Å²) in [7, 11) is 1.73. The summed E-state index contributed by atoms with van der Waals surface area (Å²) in [5.41, 5.74) is 2.51. The number of anilines is 1. The lowest BCUT2D eigenvalue weighted by atomic mass is 10.1. The summed E-state index contributed by atoms with van der Waals surface area (Å²) in [4.78, 5) is 2.32. The molecule has 118 valence electrons. The van der Waals surface area contributed by atoms with Crippen LogP contribution in [0.2, 0.25) is 0 Å². The summed E-state index contributed by atoms with van der Waals surface area (Å²) in [5, 5.41) is 8.31. The molecule has 2 heterocycles. The van der Waals surface area contributed by atoms with Crippen LogP contribution in [0.5, 0.6) is 5.75 Å². The smallest absolute Gasteiger partial charge is 0.235 e. The summed E-state index contributed by atoms with van der Waals surface area (Å²) in [6.07, 6.45) is 3.38. The molecule has 0 saturated carbocycles. The second-order valence-corrected chi connectivity index (χ2v) is 6.03. The van der Waals surface area contributed by atoms with Crippen molar-refractivity contribution in [1.29, 1.82) is 0 Å². The average molecular weight is 301 g/mol. The molecule has 0 fully saturated rings. The van der Waals surface area contributed by atoms with Crippen molar-refractivity contribution in [3.63, 3.8) is 0 Å². The molecule has 1 aliphatic heterocycles. The third-order valence-corrected chi connectivity index (χ3v) is 4.08. The normalized spacial score (nSPS) is 14.8. The maximum Gasteiger partial charge on any atom is 0.235 e. The van der Waals surface area contributed by atoms with E-state index < -0.39 is 0 Å². The highest BCUT2D eigenvalue weighted by Crippen LogP contribution is 2.34. The van der Waals surface area contributed by atoms with Crippen molar-refractivity contribution < 1.29 is 9.15 Å². The van der Waals surface area contributed by atoms with Crippen molar-refractivity contribution >= 4 is 5.69 Å². The Kier molecular flexibility index (Phi) is 4.32. The summed E-state index contributed by atoms with van der Waals surface area (Å²) in [6.45, 7) is 5.77. The molecule has 5 nitrogen and oxygen atoms in total. The van der Waals surface area contributed by atoms with Crippen molar-refractivity contribution in [1.82, 2.24) is 10.2 Å². The van der Waals surface area contributed by atoms with Crippen LogP contribution in [0.15, 0.2) is 22.6 Å². The van der Waals surface area contributed by atoms with Crippen LogP contribution in [0.3, 0.4) is 0 Å². The monoisotopic (exact) mass is 301 g/mol. The number of ether oxygens (including phenoxy) is 1. The third-order valence-electron chi connectivity index (χ3n) is 4.08. The molecule has 0 spiro atoms. The first-order chi connectivity index (χ1) is 10.7. The lowest BCUT2D eigenvalue weighted by molar-refractivity contribution is 0.409. The van der Waals surface area contributed by atoms with Crippen molar-refractivity contribution in [3.05, 3.63) is 35.5 Å². The highest BCUT2D eigenvalue weighted by molar-refractivity contribution is 5.60. The Morgan fingerprint density at radius 3 is 2.86 bits per heavy atom. The first-order valence-corrected chi connectivity index (χ1v) is 7.92. The number of hydrogen-bond acceptors (Lipinski definition) is 5. The predicted molar refractivity (Wildman–Crippen MR) is 85.4 cm³/mol. The molecule has 0 bridgehead atoms. The molecule has 1 aromatic carbocycles. The van der Waals surface area contributed by atoms with Gasteiger partial charge in [0.05, 0.1) is 13.7 Å². The molecule has 0 N–H and O–H groups in total. The van der Waals surface area contributed by atoms with E-state index in [4.69, 9.17) is 9.15 Å². The molecular formula is C17H23N3O2. The van der Waals surface area contributed by atoms with E-state index in [-0.39, 0.29) is 5.92 Å². The van der Waals surface area contributed by atoms with Gasteiger partial charge in [-0.25, -0.2) is 0 Å². The fourth-order valence-electron chi connectivity index (χ4n) is 2.91. The Labute approximate surface area is 131 Å². The number of rotatable bonds is 4. The summed E-state index contributed by atoms with van der Waals surface area (Å²) < 4.78 is 11.3. The number of aromatic nitrogens is 2. The first-order valence-electron chi connectivity index (χ1n) is 7.92. The minimum absolute atomic E-state index is 0.262. The minimum atomic E-state index is 0.262. The fraction of sp³-hybridized carbons (Fsp3) is 0.529. The topological polar surface area (TPSA) is 51.4 Å². The molecule has 1 aliphatic rings. The predicted octanol–water partition coefficient (Wildman–Crippen LogP) is 3.54. The van der Waals surface area contributed by atoms with Crippen molar-refractivity contribution in [2.75, 3.05) is 18.6 Å². The van der Waals surface area contributed by atoms with E-state index in [1.807, 2.05) is 12.1 Å². The van der Waals surface area contributed by atoms with Crippen molar-refractivity contribution in [2.24, 2.45) is 0 Å². The van der Waals surface area contributed by atoms with Gasteiger partial charge in [-0.1, -0.05) is 19.9 Å². The lowest BCUT2D eigenvalue weighted by Gasteiger charge is -2.24. The van der Waals surface area contributed by atoms with Crippen LogP contribution >= 0.6 is 0 Å². The van der Waals surface area contributed by atoms with E-state index in [0.717, 1.165) is 25.1 Å². The van der Waals surface area contributed by atoms with Crippen LogP contribution in [-0.2, 0) is 13.0 Å². The van der Waals surface area contributed by atoms with Crippen LogP contribution in [0, 0.1) is 0 Å². The third kappa shape index (κ3) is 2.93. The highest BCUT2D eigenvalue weighted by Gasteiger charge is 2.20. The Morgan fingerprint density at radius 2 is 2.14 bits per heavy atom. The Morgan fingerprint density at radius 1 is 1.27 bits per heavy atom. The zero-order chi connectivity index (χ0) is 15.5. The molecule has 0 amide bonds. The van der Waals surface area contributed by atoms with Gasteiger partial charge in [0.1, 0.15) is 5.75 Å². The maximum absolute atomic E-state index is 5.77. The average Bonchev–Trinajstić information content (AvgIpc) is 2.89. The Balaban J connectivity index is 1.88. The van der Waals surface area contributed by atoms with Gasteiger partial charge in [0.25, 0.3) is 0 Å². The van der Waals surface area contributed by atoms with Gasteiger partial charge in [0, 0.05) is 23.7 Å². The van der Waals surface area contributed by atoms with E-state index in [1.54, 1.807) is 7.11 Å². The van der Waals surface area contributed by atoms with E-state index >= 15 is 0 Å². The van der Waals surface area contributed by atoms with E-state index in [2.05, 4.69) is 35.0 Å². The van der Waals surface area contributed by atoms with Gasteiger partial charge >= 0.3 is 0 Å². The number of fused-ring (bicyclic) bond motifs is 1. The summed E-state index contributed by atoms with van der Waals surface area (Å²) in [5.74, 6) is 2.62. The Bertz CT molecular complexity index is 637. The maximum atomic E-state index is 5.77. The zero-order valence-electron chi connectivity index (χ0n) is 13.5. The van der Waals surface area contributed by atoms with Gasteiger partial charge in [-0.05, 0) is 31.4 Å². The van der Waals surface area contributed by atoms with Crippen molar-refractivity contribution in [3.8, 4) is 5.75 Å². The highest BCUT2D eigenvalue weighted by atomic mass is 16.5. The molecule has 5 heteroatoms. The van der Waals surface area contributed by atoms with Gasteiger partial charge in [-0.2, -0.15) is 0 Å². The molecular weight excluding hydrogens is 278 g/mol. The largest absolute Gasteiger partial charge is 0.496 e. The number of benzene rings is 1. The second-order valence-electron chi connectivity index (χ2n) is 6.03. The first kappa shape index (κ1) is 14.9. The van der Waals surface area contributed by atoms with Gasteiger partial charge in [-0.15, -0.1) is 10.2 Å². The Hall–Kier alpha value is -2.04. The molecule has 0 saturated heterocycles. The summed E-state index contributed by atoms with van der Waals surface area (Å²) >= 11 is 0. The zero-order valence-corrected chi connectivity index (χ0v) is 13.5. The van der Waals surface area contributed by atoms with Crippen LogP contribution < -0.4 is 9.64 Å². The SMILES string of the molecule is COc1cccc2c1CCCCN2Cc1nnc(C(C)C)o1. The molecule has 0 radical (unpaired) electrons. The van der Waals surface area contributed by atoms with Crippen LogP contribution in [0.4, 0.5) is 5.69 Å². The van der Waals surface area contributed by atoms with Gasteiger partial charge in [0.2, 0.25) is 11.8 Å². The quantitative estimate of drug-likeness (QED) is 0.864. The number of methoxy groups -OCH3 is 1. The second kappa shape index (κ2) is 6.38. The van der Waals surface area contributed by atoms with Gasteiger partial charge in [-0.3, -0.25) is 0 Å². The molecule has 3 rings (SSSR count). The molecule has 0 atom stereocenters. The number of hydrogen-bond donors (Lipinski definition) is 0. The minimum Gasteiger partial charge on any atom is -0.496 e. The molecule has 0 unspecified atom stereocenters.